The van der Waals surface area contributed by atoms with Crippen molar-refractivity contribution in [1.29, 1.82) is 0 Å². The number of halogens is 1. The van der Waals surface area contributed by atoms with Crippen LogP contribution in [0.15, 0.2) is 6.07 Å². The molecule has 0 aromatic carbocycles. The lowest BCUT2D eigenvalue weighted by atomic mass is 10.2. The zero-order valence-corrected chi connectivity index (χ0v) is 7.28. The summed E-state index contributed by atoms with van der Waals surface area (Å²) in [4.78, 5) is 3.78. The monoisotopic (exact) mass is 185 g/mol. The second-order valence-corrected chi connectivity index (χ2v) is 2.79. The molecule has 0 spiro atoms. The quantitative estimate of drug-likeness (QED) is 0.633. The first-order valence-electron chi connectivity index (χ1n) is 3.25. The first kappa shape index (κ1) is 8.86. The Bertz CT molecular complexity index is 338. The van der Waals surface area contributed by atoms with Gasteiger partial charge in [0.05, 0.1) is 11.3 Å². The molecule has 5 heteroatoms. The Labute approximate surface area is 74.6 Å². The highest BCUT2D eigenvalue weighted by Gasteiger charge is 2.07. The molecule has 12 heavy (non-hydrogen) atoms. The maximum atomic E-state index is 12.9. The van der Waals surface area contributed by atoms with E-state index in [2.05, 4.69) is 17.2 Å². The van der Waals surface area contributed by atoms with Gasteiger partial charge < -0.3 is 11.5 Å². The van der Waals surface area contributed by atoms with Crippen LogP contribution in [0.1, 0.15) is 11.3 Å². The fraction of sp³-hybridized carbons (Fsp3) is 0.143. The van der Waals surface area contributed by atoms with Gasteiger partial charge in [-0.25, -0.2) is 9.37 Å². The fourth-order valence-corrected chi connectivity index (χ4v) is 0.960. The molecular weight excluding hydrogens is 177 g/mol. The third-order valence-electron chi connectivity index (χ3n) is 1.45. The molecular formula is C7H8FN3S. The van der Waals surface area contributed by atoms with Crippen LogP contribution in [0.25, 0.3) is 0 Å². The minimum Gasteiger partial charge on any atom is -0.389 e. The highest BCUT2D eigenvalue weighted by Crippen LogP contribution is 2.12. The number of aryl methyl sites for hydroxylation is 1. The van der Waals surface area contributed by atoms with Crippen LogP contribution in [0, 0.1) is 12.7 Å². The van der Waals surface area contributed by atoms with Crippen LogP contribution in [0.2, 0.25) is 0 Å². The third-order valence-corrected chi connectivity index (χ3v) is 1.67. The summed E-state index contributed by atoms with van der Waals surface area (Å²) >= 11 is 4.64. The van der Waals surface area contributed by atoms with Crippen LogP contribution >= 0.6 is 12.2 Å². The minimum absolute atomic E-state index is 0.0545. The number of thiocarbonyl (C=S) groups is 1. The summed E-state index contributed by atoms with van der Waals surface area (Å²) in [5, 5.41) is 0. The van der Waals surface area contributed by atoms with E-state index in [1.807, 2.05) is 0 Å². The largest absolute Gasteiger partial charge is 0.389 e. The fourth-order valence-electron chi connectivity index (χ4n) is 0.797. The Hall–Kier alpha value is -1.23. The summed E-state index contributed by atoms with van der Waals surface area (Å²) in [6, 6.07) is 1.19. The SMILES string of the molecule is Cc1nc(N)c(C(N)=S)cc1F. The Kier molecular flexibility index (Phi) is 2.23. The number of nitrogens with two attached hydrogens (primary N) is 2. The molecule has 0 atom stereocenters. The van der Waals surface area contributed by atoms with Crippen molar-refractivity contribution in [3.63, 3.8) is 0 Å². The second-order valence-electron chi connectivity index (χ2n) is 2.35. The molecule has 0 saturated carbocycles. The average molecular weight is 185 g/mol. The number of nitrogen functional groups attached to an aromatic ring is 1. The van der Waals surface area contributed by atoms with E-state index in [-0.39, 0.29) is 22.1 Å². The van der Waals surface area contributed by atoms with Gasteiger partial charge in [-0.1, -0.05) is 12.2 Å². The van der Waals surface area contributed by atoms with Crippen molar-refractivity contribution in [3.8, 4) is 0 Å². The van der Waals surface area contributed by atoms with Gasteiger partial charge in [-0.2, -0.15) is 0 Å². The number of aromatic nitrogens is 1. The maximum absolute atomic E-state index is 12.9. The number of anilines is 1. The smallest absolute Gasteiger partial charge is 0.145 e. The van der Waals surface area contributed by atoms with Crippen molar-refractivity contribution in [2.24, 2.45) is 5.73 Å². The van der Waals surface area contributed by atoms with E-state index in [1.54, 1.807) is 0 Å². The summed E-state index contributed by atoms with van der Waals surface area (Å²) in [5.74, 6) is -0.284. The van der Waals surface area contributed by atoms with Crippen molar-refractivity contribution in [2.75, 3.05) is 5.73 Å². The number of pyridine rings is 1. The molecule has 0 fully saturated rings. The molecule has 0 aliphatic rings. The molecule has 1 aromatic heterocycles. The molecule has 0 bridgehead atoms. The van der Waals surface area contributed by atoms with Crippen molar-refractivity contribution < 1.29 is 4.39 Å². The molecule has 0 radical (unpaired) electrons. The highest BCUT2D eigenvalue weighted by atomic mass is 32.1. The molecule has 1 rings (SSSR count). The Balaban J connectivity index is 3.33. The average Bonchev–Trinajstić information content (AvgIpc) is 1.96. The topological polar surface area (TPSA) is 64.9 Å². The maximum Gasteiger partial charge on any atom is 0.145 e. The molecule has 0 aliphatic carbocycles. The predicted octanol–water partition coefficient (Wildman–Crippen LogP) is 0.746. The van der Waals surface area contributed by atoms with Gasteiger partial charge in [-0.15, -0.1) is 0 Å². The lowest BCUT2D eigenvalue weighted by molar-refractivity contribution is 0.610. The first-order chi connectivity index (χ1) is 5.52. The van der Waals surface area contributed by atoms with Crippen molar-refractivity contribution >= 4 is 23.0 Å². The van der Waals surface area contributed by atoms with Gasteiger partial charge >= 0.3 is 0 Å². The van der Waals surface area contributed by atoms with Gasteiger partial charge in [0, 0.05) is 0 Å². The van der Waals surface area contributed by atoms with E-state index in [0.29, 0.717) is 0 Å². The Morgan fingerprint density at radius 3 is 2.75 bits per heavy atom. The van der Waals surface area contributed by atoms with Gasteiger partial charge in [0.1, 0.15) is 16.6 Å². The van der Waals surface area contributed by atoms with E-state index < -0.39 is 5.82 Å². The van der Waals surface area contributed by atoms with E-state index in [9.17, 15) is 4.39 Å². The van der Waals surface area contributed by atoms with Crippen LogP contribution < -0.4 is 11.5 Å². The molecule has 0 saturated heterocycles. The lowest BCUT2D eigenvalue weighted by Crippen LogP contribution is -2.14. The molecule has 1 aromatic rings. The minimum atomic E-state index is -0.452. The van der Waals surface area contributed by atoms with E-state index >= 15 is 0 Å². The zero-order valence-electron chi connectivity index (χ0n) is 6.47. The van der Waals surface area contributed by atoms with Gasteiger partial charge in [0.25, 0.3) is 0 Å². The van der Waals surface area contributed by atoms with Gasteiger partial charge in [0.2, 0.25) is 0 Å². The molecule has 0 amide bonds. The number of rotatable bonds is 1. The lowest BCUT2D eigenvalue weighted by Gasteiger charge is -2.03. The normalized spacial score (nSPS) is 9.83. The summed E-state index contributed by atoms with van der Waals surface area (Å²) in [6.07, 6.45) is 0. The number of hydrogen-bond donors (Lipinski definition) is 2. The number of hydrogen-bond acceptors (Lipinski definition) is 3. The second kappa shape index (κ2) is 3.02. The van der Waals surface area contributed by atoms with E-state index in [1.165, 1.54) is 13.0 Å². The summed E-state index contributed by atoms with van der Waals surface area (Å²) in [7, 11) is 0. The van der Waals surface area contributed by atoms with Crippen molar-refractivity contribution in [3.05, 3.63) is 23.1 Å². The van der Waals surface area contributed by atoms with Crippen LogP contribution in [-0.2, 0) is 0 Å². The highest BCUT2D eigenvalue weighted by molar-refractivity contribution is 7.80. The van der Waals surface area contributed by atoms with Crippen molar-refractivity contribution in [2.45, 2.75) is 6.92 Å². The molecule has 3 nitrogen and oxygen atoms in total. The standard InChI is InChI=1S/C7H8FN3S/c1-3-5(8)2-4(7(10)12)6(9)11-3/h2H,1H3,(H2,9,11)(H2,10,12). The summed E-state index contributed by atoms with van der Waals surface area (Å²) in [6.45, 7) is 1.52. The van der Waals surface area contributed by atoms with Crippen LogP contribution in [-0.4, -0.2) is 9.97 Å². The zero-order chi connectivity index (χ0) is 9.30. The van der Waals surface area contributed by atoms with Gasteiger partial charge in [0.15, 0.2) is 0 Å². The van der Waals surface area contributed by atoms with Crippen LogP contribution in [0.3, 0.4) is 0 Å². The van der Waals surface area contributed by atoms with Crippen LogP contribution in [0.5, 0.6) is 0 Å². The van der Waals surface area contributed by atoms with Crippen molar-refractivity contribution in [1.82, 2.24) is 4.98 Å². The molecule has 4 N–H and O–H groups in total. The Morgan fingerprint density at radius 2 is 2.25 bits per heavy atom. The first-order valence-corrected chi connectivity index (χ1v) is 3.65. The summed E-state index contributed by atoms with van der Waals surface area (Å²) in [5.41, 5.74) is 11.3. The Morgan fingerprint density at radius 1 is 1.67 bits per heavy atom. The van der Waals surface area contributed by atoms with E-state index in [0.717, 1.165) is 0 Å². The molecule has 64 valence electrons. The van der Waals surface area contributed by atoms with Gasteiger partial charge in [-0.3, -0.25) is 0 Å². The third kappa shape index (κ3) is 1.50. The predicted molar refractivity (Wildman–Crippen MR) is 49.2 cm³/mol. The summed E-state index contributed by atoms with van der Waals surface area (Å²) < 4.78 is 12.9. The molecule has 0 unspecified atom stereocenters. The number of nitrogens with zero attached hydrogens (tertiary/aromatic N) is 1. The van der Waals surface area contributed by atoms with Crippen LogP contribution in [0.4, 0.5) is 10.2 Å². The van der Waals surface area contributed by atoms with Gasteiger partial charge in [-0.05, 0) is 13.0 Å². The molecule has 0 aliphatic heterocycles. The molecule has 1 heterocycles. The van der Waals surface area contributed by atoms with E-state index in [4.69, 9.17) is 11.5 Å².